The van der Waals surface area contributed by atoms with Gasteiger partial charge in [-0.25, -0.2) is 4.79 Å². The molecule has 1 aliphatic heterocycles. The summed E-state index contributed by atoms with van der Waals surface area (Å²) in [6.07, 6.45) is -4.28. The lowest BCUT2D eigenvalue weighted by molar-refractivity contribution is -0.215. The number of carbonyl (C=O) groups excluding carboxylic acids is 1. The second-order valence-corrected chi connectivity index (χ2v) is 4.04. The summed E-state index contributed by atoms with van der Waals surface area (Å²) in [4.78, 5) is 10.4. The van der Waals surface area contributed by atoms with E-state index < -0.39 is 18.2 Å². The molecule has 1 N–H and O–H groups in total. The topological polar surface area (TPSA) is 38.3 Å². The Morgan fingerprint density at radius 1 is 1.36 bits per heavy atom. The first kappa shape index (κ1) is 9.76. The highest BCUT2D eigenvalue weighted by molar-refractivity contribution is 5.75. The van der Waals surface area contributed by atoms with Crippen LogP contribution >= 0.6 is 0 Å². The largest absolute Gasteiger partial charge is 0.490 e. The van der Waals surface area contributed by atoms with Crippen molar-refractivity contribution >= 4 is 5.97 Å². The van der Waals surface area contributed by atoms with Crippen molar-refractivity contribution in [3.8, 4) is 0 Å². The lowest BCUT2D eigenvalue weighted by Crippen LogP contribution is -2.62. The number of alkyl halides is 3. The number of rotatable bonds is 1. The molecule has 0 aromatic carbocycles. The third-order valence-electron chi connectivity index (χ3n) is 2.83. The second-order valence-electron chi connectivity index (χ2n) is 4.04. The lowest BCUT2D eigenvalue weighted by Gasteiger charge is -2.53. The minimum Gasteiger partial charge on any atom is -0.456 e. The van der Waals surface area contributed by atoms with E-state index >= 15 is 0 Å². The number of esters is 1. The molecule has 0 bridgehead atoms. The van der Waals surface area contributed by atoms with E-state index in [2.05, 4.69) is 10.1 Å². The molecule has 2 rings (SSSR count). The van der Waals surface area contributed by atoms with Gasteiger partial charge in [0.25, 0.3) is 0 Å². The highest BCUT2D eigenvalue weighted by atomic mass is 19.4. The molecule has 0 amide bonds. The maximum absolute atomic E-state index is 11.8. The number of hydrogen-bond donors (Lipinski definition) is 1. The molecular weight excluding hydrogens is 199 g/mol. The fourth-order valence-corrected chi connectivity index (χ4v) is 1.97. The molecule has 3 nitrogen and oxygen atoms in total. The smallest absolute Gasteiger partial charge is 0.456 e. The summed E-state index contributed by atoms with van der Waals surface area (Å²) in [5.41, 5.74) is 0.122. The van der Waals surface area contributed by atoms with Crippen LogP contribution in [0, 0.1) is 5.41 Å². The molecule has 2 fully saturated rings. The molecule has 0 radical (unpaired) electrons. The van der Waals surface area contributed by atoms with Gasteiger partial charge in [-0.3, -0.25) is 0 Å². The van der Waals surface area contributed by atoms with Crippen LogP contribution in [0.5, 0.6) is 0 Å². The molecule has 0 aromatic heterocycles. The first-order valence-corrected chi connectivity index (χ1v) is 4.40. The average molecular weight is 209 g/mol. The van der Waals surface area contributed by atoms with Crippen LogP contribution in [0.1, 0.15) is 12.8 Å². The zero-order valence-corrected chi connectivity index (χ0v) is 7.36. The minimum absolute atomic E-state index is 0.122. The molecule has 0 unspecified atom stereocenters. The molecule has 1 saturated heterocycles. The first-order chi connectivity index (χ1) is 6.41. The predicted molar refractivity (Wildman–Crippen MR) is 40.5 cm³/mol. The van der Waals surface area contributed by atoms with Gasteiger partial charge in [0, 0.05) is 18.5 Å². The molecule has 1 spiro atoms. The van der Waals surface area contributed by atoms with Crippen LogP contribution in [-0.2, 0) is 9.53 Å². The lowest BCUT2D eigenvalue weighted by atomic mass is 9.63. The van der Waals surface area contributed by atoms with Crippen LogP contribution in [-0.4, -0.2) is 31.3 Å². The molecule has 2 aliphatic rings. The Labute approximate surface area is 78.6 Å². The van der Waals surface area contributed by atoms with E-state index in [0.717, 1.165) is 13.1 Å². The van der Waals surface area contributed by atoms with E-state index in [-0.39, 0.29) is 5.41 Å². The Morgan fingerprint density at radius 2 is 1.93 bits per heavy atom. The fourth-order valence-electron chi connectivity index (χ4n) is 1.97. The molecule has 0 aromatic rings. The average Bonchev–Trinajstić information content (AvgIpc) is 1.88. The fraction of sp³-hybridized carbons (Fsp3) is 0.875. The molecular formula is C8H10F3NO2. The van der Waals surface area contributed by atoms with Crippen molar-refractivity contribution in [1.82, 2.24) is 5.32 Å². The SMILES string of the molecule is O=C(OC1CC2(CNC2)C1)C(F)(F)F. The van der Waals surface area contributed by atoms with Crippen molar-refractivity contribution in [2.75, 3.05) is 13.1 Å². The summed E-state index contributed by atoms with van der Waals surface area (Å²) < 4.78 is 39.6. The number of halogens is 3. The van der Waals surface area contributed by atoms with Crippen molar-refractivity contribution in [1.29, 1.82) is 0 Å². The molecule has 0 atom stereocenters. The molecule has 14 heavy (non-hydrogen) atoms. The standard InChI is InChI=1S/C8H10F3NO2/c9-8(10,11)6(13)14-5-1-7(2-5)3-12-4-7/h5,12H,1-4H2. The van der Waals surface area contributed by atoms with E-state index in [9.17, 15) is 18.0 Å². The summed E-state index contributed by atoms with van der Waals surface area (Å²) in [5.74, 6) is -2.07. The van der Waals surface area contributed by atoms with Gasteiger partial charge in [-0.15, -0.1) is 0 Å². The van der Waals surface area contributed by atoms with Crippen LogP contribution in [0.4, 0.5) is 13.2 Å². The van der Waals surface area contributed by atoms with Gasteiger partial charge < -0.3 is 10.1 Å². The predicted octanol–water partition coefficient (Wildman–Crippen LogP) is 0.844. The van der Waals surface area contributed by atoms with Gasteiger partial charge in [-0.05, 0) is 12.8 Å². The monoisotopic (exact) mass is 209 g/mol. The first-order valence-electron chi connectivity index (χ1n) is 4.40. The van der Waals surface area contributed by atoms with Crippen molar-refractivity contribution in [2.45, 2.75) is 25.1 Å². The zero-order valence-electron chi connectivity index (χ0n) is 7.36. The highest BCUT2D eigenvalue weighted by Gasteiger charge is 2.52. The number of ether oxygens (including phenoxy) is 1. The van der Waals surface area contributed by atoms with Gasteiger partial charge in [-0.2, -0.15) is 13.2 Å². The quantitative estimate of drug-likeness (QED) is 0.650. The summed E-state index contributed by atoms with van der Waals surface area (Å²) >= 11 is 0. The van der Waals surface area contributed by atoms with Crippen molar-refractivity contribution in [2.24, 2.45) is 5.41 Å². The van der Waals surface area contributed by atoms with E-state index in [1.54, 1.807) is 0 Å². The van der Waals surface area contributed by atoms with Crippen molar-refractivity contribution < 1.29 is 22.7 Å². The van der Waals surface area contributed by atoms with Crippen LogP contribution in [0.25, 0.3) is 0 Å². The van der Waals surface area contributed by atoms with Crippen molar-refractivity contribution in [3.63, 3.8) is 0 Å². The molecule has 1 aliphatic carbocycles. The highest BCUT2D eigenvalue weighted by Crippen LogP contribution is 2.46. The summed E-state index contributed by atoms with van der Waals surface area (Å²) in [5, 5.41) is 3.05. The summed E-state index contributed by atoms with van der Waals surface area (Å²) in [6, 6.07) is 0. The summed E-state index contributed by atoms with van der Waals surface area (Å²) in [7, 11) is 0. The maximum atomic E-state index is 11.8. The third-order valence-corrected chi connectivity index (χ3v) is 2.83. The van der Waals surface area contributed by atoms with Crippen LogP contribution in [0.3, 0.4) is 0 Å². The van der Waals surface area contributed by atoms with Gasteiger partial charge >= 0.3 is 12.1 Å². The van der Waals surface area contributed by atoms with Gasteiger partial charge in [0.15, 0.2) is 0 Å². The normalized spacial score (nSPS) is 25.4. The zero-order chi connectivity index (χ0) is 10.4. The van der Waals surface area contributed by atoms with Crippen LogP contribution in [0.2, 0.25) is 0 Å². The molecule has 80 valence electrons. The van der Waals surface area contributed by atoms with Gasteiger partial charge in [0.2, 0.25) is 0 Å². The number of nitrogens with one attached hydrogen (secondary N) is 1. The van der Waals surface area contributed by atoms with Gasteiger partial charge in [0.1, 0.15) is 6.10 Å². The summed E-state index contributed by atoms with van der Waals surface area (Å²) in [6.45, 7) is 1.65. The molecule has 6 heteroatoms. The van der Waals surface area contributed by atoms with Gasteiger partial charge in [0.05, 0.1) is 0 Å². The van der Waals surface area contributed by atoms with E-state index in [1.807, 2.05) is 0 Å². The van der Waals surface area contributed by atoms with Crippen LogP contribution in [0.15, 0.2) is 0 Å². The third kappa shape index (κ3) is 1.58. The van der Waals surface area contributed by atoms with E-state index in [4.69, 9.17) is 0 Å². The minimum atomic E-state index is -4.86. The Balaban J connectivity index is 1.76. The van der Waals surface area contributed by atoms with E-state index in [0.29, 0.717) is 12.8 Å². The Morgan fingerprint density at radius 3 is 2.29 bits per heavy atom. The Kier molecular flexibility index (Phi) is 1.99. The molecule has 1 saturated carbocycles. The second kappa shape index (κ2) is 2.85. The van der Waals surface area contributed by atoms with Crippen molar-refractivity contribution in [3.05, 3.63) is 0 Å². The maximum Gasteiger partial charge on any atom is 0.490 e. The number of carbonyl (C=O) groups is 1. The Bertz CT molecular complexity index is 252. The number of hydrogen-bond acceptors (Lipinski definition) is 3. The molecule has 1 heterocycles. The Hall–Kier alpha value is -0.780. The van der Waals surface area contributed by atoms with Gasteiger partial charge in [-0.1, -0.05) is 0 Å². The van der Waals surface area contributed by atoms with Crippen LogP contribution < -0.4 is 5.32 Å². The van der Waals surface area contributed by atoms with E-state index in [1.165, 1.54) is 0 Å².